The number of aliphatic carboxylic acids is 1. The van der Waals surface area contributed by atoms with E-state index < -0.39 is 12.0 Å². The molecule has 0 bridgehead atoms. The minimum Gasteiger partial charge on any atom is -0.481 e. The number of hydrogen-bond acceptors (Lipinski definition) is 4. The monoisotopic (exact) mass is 291 g/mol. The molecule has 2 amide bonds. The van der Waals surface area contributed by atoms with Crippen molar-refractivity contribution in [3.8, 4) is 0 Å². The van der Waals surface area contributed by atoms with Crippen molar-refractivity contribution in [2.75, 3.05) is 18.0 Å². The van der Waals surface area contributed by atoms with E-state index in [1.54, 1.807) is 24.3 Å². The van der Waals surface area contributed by atoms with Crippen molar-refractivity contribution in [3.05, 3.63) is 29.8 Å². The van der Waals surface area contributed by atoms with Gasteiger partial charge in [-0.2, -0.15) is 0 Å². The second kappa shape index (κ2) is 6.36. The molecule has 1 aliphatic heterocycles. The number of nitrogens with zero attached hydrogens (tertiary/aromatic N) is 1. The van der Waals surface area contributed by atoms with Gasteiger partial charge in [0.2, 0.25) is 11.8 Å². The first-order valence-corrected chi connectivity index (χ1v) is 6.62. The van der Waals surface area contributed by atoms with Gasteiger partial charge in [-0.15, -0.1) is 0 Å². The fourth-order valence-electron chi connectivity index (χ4n) is 2.26. The fourth-order valence-corrected chi connectivity index (χ4v) is 2.26. The largest absolute Gasteiger partial charge is 0.481 e. The van der Waals surface area contributed by atoms with Gasteiger partial charge in [0.25, 0.3) is 0 Å². The minimum absolute atomic E-state index is 0.0441. The number of benzene rings is 1. The molecule has 21 heavy (non-hydrogen) atoms. The number of para-hydroxylation sites is 1. The van der Waals surface area contributed by atoms with Crippen molar-refractivity contribution in [1.82, 2.24) is 5.32 Å². The van der Waals surface area contributed by atoms with Gasteiger partial charge in [-0.1, -0.05) is 18.2 Å². The third-order valence-corrected chi connectivity index (χ3v) is 3.34. The van der Waals surface area contributed by atoms with Crippen molar-refractivity contribution in [2.45, 2.75) is 18.9 Å². The highest BCUT2D eigenvalue weighted by molar-refractivity contribution is 6.05. The minimum atomic E-state index is -0.920. The second-order valence-corrected chi connectivity index (χ2v) is 4.85. The number of piperazine rings is 1. The van der Waals surface area contributed by atoms with Gasteiger partial charge in [0.15, 0.2) is 0 Å². The Morgan fingerprint density at radius 2 is 2.10 bits per heavy atom. The maximum atomic E-state index is 12.0. The molecule has 7 nitrogen and oxygen atoms in total. The Kier molecular flexibility index (Phi) is 4.54. The average Bonchev–Trinajstić information content (AvgIpc) is 2.47. The summed E-state index contributed by atoms with van der Waals surface area (Å²) in [5.74, 6) is -1.37. The first-order valence-electron chi connectivity index (χ1n) is 6.62. The fraction of sp³-hybridized carbons (Fsp3) is 0.357. The van der Waals surface area contributed by atoms with Crippen molar-refractivity contribution in [3.63, 3.8) is 0 Å². The zero-order chi connectivity index (χ0) is 15.4. The Hall–Kier alpha value is -2.41. The molecular formula is C14H17N3O4. The standard InChI is InChI=1S/C14H17N3O4/c15-10(5-6-14(20)21)9-3-1-2-4-11(9)17-8-12(18)16-7-13(17)19/h1-4,10H,5-8,15H2,(H,16,18)(H,20,21). The summed E-state index contributed by atoms with van der Waals surface area (Å²) >= 11 is 0. The van der Waals surface area contributed by atoms with Gasteiger partial charge in [0.1, 0.15) is 6.54 Å². The summed E-state index contributed by atoms with van der Waals surface area (Å²) in [5.41, 5.74) is 7.26. The normalized spacial score (nSPS) is 16.5. The van der Waals surface area contributed by atoms with Crippen LogP contribution in [0.3, 0.4) is 0 Å². The molecule has 0 radical (unpaired) electrons. The van der Waals surface area contributed by atoms with Crippen LogP contribution in [0.5, 0.6) is 0 Å². The number of amides is 2. The summed E-state index contributed by atoms with van der Waals surface area (Å²) in [7, 11) is 0. The van der Waals surface area contributed by atoms with Gasteiger partial charge in [-0.25, -0.2) is 0 Å². The number of nitrogens with two attached hydrogens (primary N) is 1. The summed E-state index contributed by atoms with van der Waals surface area (Å²) in [5, 5.41) is 11.2. The molecule has 4 N–H and O–H groups in total. The van der Waals surface area contributed by atoms with Gasteiger partial charge in [0.05, 0.1) is 6.54 Å². The smallest absolute Gasteiger partial charge is 0.303 e. The van der Waals surface area contributed by atoms with E-state index in [-0.39, 0.29) is 37.7 Å². The van der Waals surface area contributed by atoms with Crippen molar-refractivity contribution < 1.29 is 19.5 Å². The molecule has 2 rings (SSSR count). The molecule has 0 saturated carbocycles. The Balaban J connectivity index is 2.25. The highest BCUT2D eigenvalue weighted by Crippen LogP contribution is 2.28. The molecule has 1 unspecified atom stereocenters. The molecule has 1 heterocycles. The molecule has 0 spiro atoms. The van der Waals surface area contributed by atoms with Crippen molar-refractivity contribution in [2.24, 2.45) is 5.73 Å². The van der Waals surface area contributed by atoms with E-state index in [2.05, 4.69) is 5.32 Å². The third-order valence-electron chi connectivity index (χ3n) is 3.34. The molecule has 1 aliphatic rings. The van der Waals surface area contributed by atoms with Crippen LogP contribution in [0.2, 0.25) is 0 Å². The molecular weight excluding hydrogens is 274 g/mol. The number of carboxylic acid groups (broad SMARTS) is 1. The summed E-state index contributed by atoms with van der Waals surface area (Å²) in [6.45, 7) is -0.0982. The lowest BCUT2D eigenvalue weighted by Crippen LogP contribution is -2.52. The third kappa shape index (κ3) is 3.57. The van der Waals surface area contributed by atoms with Crippen LogP contribution in [-0.4, -0.2) is 36.0 Å². The molecule has 1 aromatic carbocycles. The molecule has 7 heteroatoms. The van der Waals surface area contributed by atoms with Crippen LogP contribution < -0.4 is 16.0 Å². The maximum Gasteiger partial charge on any atom is 0.303 e. The van der Waals surface area contributed by atoms with Gasteiger partial charge in [-0.05, 0) is 18.1 Å². The number of rotatable bonds is 5. The van der Waals surface area contributed by atoms with E-state index in [0.29, 0.717) is 11.3 Å². The van der Waals surface area contributed by atoms with Crippen molar-refractivity contribution >= 4 is 23.5 Å². The van der Waals surface area contributed by atoms with E-state index in [1.807, 2.05) is 0 Å². The predicted octanol–water partition coefficient (Wildman–Crippen LogP) is 0.0140. The summed E-state index contributed by atoms with van der Waals surface area (Å²) < 4.78 is 0. The van der Waals surface area contributed by atoms with E-state index in [1.165, 1.54) is 4.90 Å². The zero-order valence-electron chi connectivity index (χ0n) is 11.4. The van der Waals surface area contributed by atoms with Crippen LogP contribution in [0.1, 0.15) is 24.4 Å². The molecule has 1 atom stereocenters. The van der Waals surface area contributed by atoms with Gasteiger partial charge in [0, 0.05) is 18.2 Å². The van der Waals surface area contributed by atoms with Gasteiger partial charge in [-0.3, -0.25) is 14.4 Å². The number of hydrogen-bond donors (Lipinski definition) is 3. The Labute approximate surface area is 121 Å². The van der Waals surface area contributed by atoms with Crippen LogP contribution in [0.25, 0.3) is 0 Å². The second-order valence-electron chi connectivity index (χ2n) is 4.85. The van der Waals surface area contributed by atoms with E-state index in [0.717, 1.165) is 0 Å². The van der Waals surface area contributed by atoms with Crippen LogP contribution in [0.4, 0.5) is 5.69 Å². The van der Waals surface area contributed by atoms with E-state index in [9.17, 15) is 14.4 Å². The lowest BCUT2D eigenvalue weighted by molar-refractivity contribution is -0.137. The van der Waals surface area contributed by atoms with Gasteiger partial charge < -0.3 is 21.1 Å². The molecule has 1 saturated heterocycles. The number of carboxylic acids is 1. The summed E-state index contributed by atoms with van der Waals surface area (Å²) in [4.78, 5) is 35.5. The maximum absolute atomic E-state index is 12.0. The lowest BCUT2D eigenvalue weighted by Gasteiger charge is -2.29. The first kappa shape index (κ1) is 15.0. The molecule has 1 fully saturated rings. The van der Waals surface area contributed by atoms with Gasteiger partial charge >= 0.3 is 5.97 Å². The highest BCUT2D eigenvalue weighted by atomic mass is 16.4. The van der Waals surface area contributed by atoms with Crippen LogP contribution in [0.15, 0.2) is 24.3 Å². The number of carbonyl (C=O) groups excluding carboxylic acids is 2. The van der Waals surface area contributed by atoms with E-state index >= 15 is 0 Å². The molecule has 0 aromatic heterocycles. The first-order chi connectivity index (χ1) is 9.99. The van der Waals surface area contributed by atoms with Crippen molar-refractivity contribution in [1.29, 1.82) is 0 Å². The number of carbonyl (C=O) groups is 3. The summed E-state index contributed by atoms with van der Waals surface area (Å²) in [6, 6.07) is 6.49. The van der Waals surface area contributed by atoms with Crippen LogP contribution in [0, 0.1) is 0 Å². The highest BCUT2D eigenvalue weighted by Gasteiger charge is 2.27. The predicted molar refractivity (Wildman–Crippen MR) is 75.6 cm³/mol. The Morgan fingerprint density at radius 3 is 2.81 bits per heavy atom. The SMILES string of the molecule is NC(CCC(=O)O)c1ccccc1N1CC(=O)NCC1=O. The average molecular weight is 291 g/mol. The Bertz CT molecular complexity index is 573. The quantitative estimate of drug-likeness (QED) is 0.707. The van der Waals surface area contributed by atoms with E-state index in [4.69, 9.17) is 10.8 Å². The molecule has 0 aliphatic carbocycles. The summed E-state index contributed by atoms with van der Waals surface area (Å²) in [6.07, 6.45) is 0.213. The Morgan fingerprint density at radius 1 is 1.38 bits per heavy atom. The zero-order valence-corrected chi connectivity index (χ0v) is 11.4. The van der Waals surface area contributed by atoms with Crippen LogP contribution >= 0.6 is 0 Å². The topological polar surface area (TPSA) is 113 Å². The lowest BCUT2D eigenvalue weighted by atomic mass is 10.00. The van der Waals surface area contributed by atoms with Crippen LogP contribution in [-0.2, 0) is 14.4 Å². The number of anilines is 1. The number of nitrogens with one attached hydrogen (secondary N) is 1. The molecule has 1 aromatic rings. The molecule has 112 valence electrons.